The molecule has 1 aromatic heterocycles. The van der Waals surface area contributed by atoms with Gasteiger partial charge in [0.15, 0.2) is 5.16 Å². The zero-order valence-corrected chi connectivity index (χ0v) is 12.5. The van der Waals surface area contributed by atoms with Crippen molar-refractivity contribution >= 4 is 17.7 Å². The highest BCUT2D eigenvalue weighted by molar-refractivity contribution is 7.99. The number of hydrogen-bond acceptors (Lipinski definition) is 4. The Morgan fingerprint density at radius 2 is 2.20 bits per heavy atom. The maximum absolute atomic E-state index is 11.8. The van der Waals surface area contributed by atoms with Crippen LogP contribution >= 0.6 is 11.8 Å². The van der Waals surface area contributed by atoms with E-state index in [2.05, 4.69) is 15.5 Å². The molecule has 1 amide bonds. The molecule has 0 aliphatic carbocycles. The predicted molar refractivity (Wildman–Crippen MR) is 79.4 cm³/mol. The van der Waals surface area contributed by atoms with Crippen molar-refractivity contribution in [2.24, 2.45) is 0 Å². The topological polar surface area (TPSA) is 59.8 Å². The van der Waals surface area contributed by atoms with Crippen LogP contribution in [0.25, 0.3) is 0 Å². The molecule has 2 aromatic rings. The molecule has 0 atom stereocenters. The highest BCUT2D eigenvalue weighted by atomic mass is 32.2. The molecule has 1 heterocycles. The second-order valence-corrected chi connectivity index (χ2v) is 5.33. The van der Waals surface area contributed by atoms with E-state index in [1.807, 2.05) is 42.7 Å². The normalized spacial score (nSPS) is 10.5. The lowest BCUT2D eigenvalue weighted by molar-refractivity contribution is -0.118. The predicted octanol–water partition coefficient (Wildman–Crippen LogP) is 2.01. The van der Waals surface area contributed by atoms with Crippen LogP contribution in [0.2, 0.25) is 0 Å². The van der Waals surface area contributed by atoms with E-state index in [1.54, 1.807) is 6.33 Å². The van der Waals surface area contributed by atoms with E-state index in [0.717, 1.165) is 17.3 Å². The largest absolute Gasteiger partial charge is 0.351 e. The maximum Gasteiger partial charge on any atom is 0.230 e. The van der Waals surface area contributed by atoms with Crippen LogP contribution in [0.4, 0.5) is 0 Å². The maximum atomic E-state index is 11.8. The molecular weight excluding hydrogens is 272 g/mol. The number of rotatable bonds is 6. The minimum Gasteiger partial charge on any atom is -0.351 e. The molecule has 106 valence electrons. The van der Waals surface area contributed by atoms with E-state index < -0.39 is 0 Å². The van der Waals surface area contributed by atoms with Gasteiger partial charge in [0.25, 0.3) is 0 Å². The van der Waals surface area contributed by atoms with Crippen LogP contribution in [0.15, 0.2) is 35.7 Å². The summed E-state index contributed by atoms with van der Waals surface area (Å²) in [7, 11) is 0. The van der Waals surface area contributed by atoms with Crippen molar-refractivity contribution < 1.29 is 4.79 Å². The third-order valence-electron chi connectivity index (χ3n) is 2.99. The average Bonchev–Trinajstić information content (AvgIpc) is 2.91. The molecule has 0 saturated carbocycles. The summed E-state index contributed by atoms with van der Waals surface area (Å²) < 4.78 is 1.92. The summed E-state index contributed by atoms with van der Waals surface area (Å²) in [5.74, 6) is 0.355. The number of hydrogen-bond donors (Lipinski definition) is 1. The van der Waals surface area contributed by atoms with Crippen LogP contribution in [-0.4, -0.2) is 26.4 Å². The fraction of sp³-hybridized carbons (Fsp3) is 0.357. The first-order chi connectivity index (χ1) is 9.70. The van der Waals surface area contributed by atoms with Crippen LogP contribution in [-0.2, 0) is 17.9 Å². The fourth-order valence-electron chi connectivity index (χ4n) is 1.76. The number of benzene rings is 1. The van der Waals surface area contributed by atoms with Gasteiger partial charge in [-0.2, -0.15) is 0 Å². The van der Waals surface area contributed by atoms with Gasteiger partial charge in [-0.15, -0.1) is 10.2 Å². The molecule has 2 rings (SSSR count). The Balaban J connectivity index is 1.80. The Morgan fingerprint density at radius 3 is 2.95 bits per heavy atom. The summed E-state index contributed by atoms with van der Waals surface area (Å²) in [6.07, 6.45) is 1.67. The minimum atomic E-state index is 0.00362. The van der Waals surface area contributed by atoms with Gasteiger partial charge in [0, 0.05) is 13.1 Å². The lowest BCUT2D eigenvalue weighted by Crippen LogP contribution is -2.25. The second-order valence-electron chi connectivity index (χ2n) is 4.39. The van der Waals surface area contributed by atoms with Crippen LogP contribution in [0, 0.1) is 6.92 Å². The van der Waals surface area contributed by atoms with Gasteiger partial charge in [-0.1, -0.05) is 36.0 Å². The Kier molecular flexibility index (Phi) is 5.17. The second kappa shape index (κ2) is 7.09. The summed E-state index contributed by atoms with van der Waals surface area (Å²) in [4.78, 5) is 11.8. The summed E-state index contributed by atoms with van der Waals surface area (Å²) in [6.45, 7) is 5.43. The molecule has 6 heteroatoms. The molecule has 0 saturated heterocycles. The van der Waals surface area contributed by atoms with Gasteiger partial charge in [0.05, 0.1) is 5.75 Å². The summed E-state index contributed by atoms with van der Waals surface area (Å²) >= 11 is 1.40. The van der Waals surface area contributed by atoms with Crippen molar-refractivity contribution in [2.45, 2.75) is 32.1 Å². The number of aromatic nitrogens is 3. The quantitative estimate of drug-likeness (QED) is 0.827. The van der Waals surface area contributed by atoms with Crippen molar-refractivity contribution in [3.8, 4) is 0 Å². The number of carbonyl (C=O) groups excluding carboxylic acids is 1. The van der Waals surface area contributed by atoms with Crippen molar-refractivity contribution in [2.75, 3.05) is 5.75 Å². The molecular formula is C14H18N4OS. The molecule has 0 bridgehead atoms. The third kappa shape index (κ3) is 3.84. The zero-order valence-electron chi connectivity index (χ0n) is 11.7. The number of carbonyl (C=O) groups is 1. The van der Waals surface area contributed by atoms with Gasteiger partial charge in [0.1, 0.15) is 6.33 Å². The SMILES string of the molecule is CCn1cnnc1SCC(=O)NCc1ccccc1C. The van der Waals surface area contributed by atoms with Gasteiger partial charge in [-0.25, -0.2) is 0 Å². The molecule has 0 spiro atoms. The van der Waals surface area contributed by atoms with Crippen molar-refractivity contribution in [1.82, 2.24) is 20.1 Å². The fourth-order valence-corrected chi connectivity index (χ4v) is 2.57. The summed E-state index contributed by atoms with van der Waals surface area (Å²) in [5, 5.41) is 11.5. The first-order valence-electron chi connectivity index (χ1n) is 6.52. The van der Waals surface area contributed by atoms with E-state index in [9.17, 15) is 4.79 Å². The molecule has 0 radical (unpaired) electrons. The molecule has 20 heavy (non-hydrogen) atoms. The molecule has 0 aliphatic rings. The van der Waals surface area contributed by atoms with Crippen LogP contribution in [0.3, 0.4) is 0 Å². The minimum absolute atomic E-state index is 0.00362. The Hall–Kier alpha value is -1.82. The van der Waals surface area contributed by atoms with Gasteiger partial charge in [-0.05, 0) is 25.0 Å². The van der Waals surface area contributed by atoms with Crippen molar-refractivity contribution in [3.05, 3.63) is 41.7 Å². The van der Waals surface area contributed by atoms with Crippen LogP contribution in [0.1, 0.15) is 18.1 Å². The van der Waals surface area contributed by atoms with E-state index in [0.29, 0.717) is 12.3 Å². The van der Waals surface area contributed by atoms with Gasteiger partial charge >= 0.3 is 0 Å². The van der Waals surface area contributed by atoms with E-state index in [1.165, 1.54) is 17.3 Å². The molecule has 1 N–H and O–H groups in total. The first kappa shape index (κ1) is 14.6. The van der Waals surface area contributed by atoms with Crippen molar-refractivity contribution in [1.29, 1.82) is 0 Å². The molecule has 5 nitrogen and oxygen atoms in total. The molecule has 0 fully saturated rings. The summed E-state index contributed by atoms with van der Waals surface area (Å²) in [6, 6.07) is 8.04. The Morgan fingerprint density at radius 1 is 1.40 bits per heavy atom. The van der Waals surface area contributed by atoms with E-state index >= 15 is 0 Å². The average molecular weight is 290 g/mol. The van der Waals surface area contributed by atoms with E-state index in [-0.39, 0.29) is 5.91 Å². The Labute approximate surface area is 122 Å². The number of amides is 1. The molecule has 0 unspecified atom stereocenters. The monoisotopic (exact) mass is 290 g/mol. The lowest BCUT2D eigenvalue weighted by Gasteiger charge is -2.07. The lowest BCUT2D eigenvalue weighted by atomic mass is 10.1. The third-order valence-corrected chi connectivity index (χ3v) is 3.97. The van der Waals surface area contributed by atoms with Gasteiger partial charge < -0.3 is 9.88 Å². The van der Waals surface area contributed by atoms with Gasteiger partial charge in [-0.3, -0.25) is 4.79 Å². The number of nitrogens with one attached hydrogen (secondary N) is 1. The molecule has 1 aromatic carbocycles. The number of aryl methyl sites for hydroxylation is 2. The van der Waals surface area contributed by atoms with E-state index in [4.69, 9.17) is 0 Å². The summed E-state index contributed by atoms with van der Waals surface area (Å²) in [5.41, 5.74) is 2.33. The molecule has 0 aliphatic heterocycles. The zero-order chi connectivity index (χ0) is 14.4. The highest BCUT2D eigenvalue weighted by Gasteiger charge is 2.08. The number of thioether (sulfide) groups is 1. The standard InChI is InChI=1S/C14H18N4OS/c1-3-18-10-16-17-14(18)20-9-13(19)15-8-12-7-5-4-6-11(12)2/h4-7,10H,3,8-9H2,1-2H3,(H,15,19). The Bertz CT molecular complexity index is 582. The number of nitrogens with zero attached hydrogens (tertiary/aromatic N) is 3. The van der Waals surface area contributed by atoms with Gasteiger partial charge in [0.2, 0.25) is 5.91 Å². The van der Waals surface area contributed by atoms with Crippen molar-refractivity contribution in [3.63, 3.8) is 0 Å². The highest BCUT2D eigenvalue weighted by Crippen LogP contribution is 2.14. The first-order valence-corrected chi connectivity index (χ1v) is 7.51. The van der Waals surface area contributed by atoms with Crippen LogP contribution < -0.4 is 5.32 Å². The smallest absolute Gasteiger partial charge is 0.230 e. The van der Waals surface area contributed by atoms with Crippen LogP contribution in [0.5, 0.6) is 0 Å².